The van der Waals surface area contributed by atoms with Gasteiger partial charge in [0.05, 0.1) is 6.04 Å². The number of nitrogens with two attached hydrogens (primary N) is 1. The first-order valence-electron chi connectivity index (χ1n) is 7.19. The second-order valence-electron chi connectivity index (χ2n) is 5.57. The van der Waals surface area contributed by atoms with Crippen molar-refractivity contribution in [2.75, 3.05) is 0 Å². The summed E-state index contributed by atoms with van der Waals surface area (Å²) in [5.74, 6) is 0. The van der Waals surface area contributed by atoms with Crippen LogP contribution in [0.4, 0.5) is 0 Å². The Labute approximate surface area is 124 Å². The predicted octanol–water partition coefficient (Wildman–Crippen LogP) is 3.20. The predicted molar refractivity (Wildman–Crippen MR) is 83.5 cm³/mol. The summed E-state index contributed by atoms with van der Waals surface area (Å²) < 4.78 is 0. The van der Waals surface area contributed by atoms with E-state index in [4.69, 9.17) is 5.73 Å². The van der Waals surface area contributed by atoms with Crippen molar-refractivity contribution in [1.29, 1.82) is 0 Å². The van der Waals surface area contributed by atoms with Gasteiger partial charge in [-0.25, -0.2) is 0 Å². The number of nitrogens with zero attached hydrogens (tertiary/aromatic N) is 2. The highest BCUT2D eigenvalue weighted by Gasteiger charge is 2.36. The molecule has 1 saturated carbocycles. The molecule has 2 N–H and O–H groups in total. The normalized spacial score (nSPS) is 18.1. The minimum absolute atomic E-state index is 0.0970. The van der Waals surface area contributed by atoms with Crippen LogP contribution in [0.1, 0.15) is 36.2 Å². The molecule has 2 unspecified atom stereocenters. The molecule has 0 saturated heterocycles. The molecule has 0 radical (unpaired) electrons. The number of pyridine rings is 1. The van der Waals surface area contributed by atoms with Crippen LogP contribution < -0.4 is 5.73 Å². The Bertz CT molecular complexity index is 520. The van der Waals surface area contributed by atoms with Gasteiger partial charge in [-0.15, -0.1) is 11.3 Å². The quantitative estimate of drug-likeness (QED) is 0.887. The van der Waals surface area contributed by atoms with Crippen molar-refractivity contribution in [1.82, 2.24) is 9.88 Å². The number of aromatic nitrogens is 1. The van der Waals surface area contributed by atoms with Gasteiger partial charge in [0.1, 0.15) is 0 Å². The van der Waals surface area contributed by atoms with E-state index < -0.39 is 0 Å². The minimum Gasteiger partial charge on any atom is -0.326 e. The van der Waals surface area contributed by atoms with E-state index in [1.165, 1.54) is 23.3 Å². The van der Waals surface area contributed by atoms with E-state index in [1.54, 1.807) is 0 Å². The van der Waals surface area contributed by atoms with Gasteiger partial charge in [0.25, 0.3) is 0 Å². The Kier molecular flexibility index (Phi) is 4.15. The molecular weight excluding hydrogens is 266 g/mol. The fourth-order valence-electron chi connectivity index (χ4n) is 2.79. The Balaban J connectivity index is 1.86. The third-order valence-electron chi connectivity index (χ3n) is 3.82. The second kappa shape index (κ2) is 6.04. The van der Waals surface area contributed by atoms with Crippen molar-refractivity contribution in [3.63, 3.8) is 0 Å². The lowest BCUT2D eigenvalue weighted by molar-refractivity contribution is 0.159. The average Bonchev–Trinajstić information content (AvgIpc) is 3.17. The maximum Gasteiger partial charge on any atom is 0.0518 e. The van der Waals surface area contributed by atoms with Gasteiger partial charge in [0, 0.05) is 35.9 Å². The standard InChI is InChI=1S/C16H21N3S/c1-12(17)16(13-4-2-8-18-10-13)19(14-6-7-14)11-15-5-3-9-20-15/h2-5,8-10,12,14,16H,6-7,11,17H2,1H3. The largest absolute Gasteiger partial charge is 0.326 e. The Morgan fingerprint density at radius 3 is 2.80 bits per heavy atom. The van der Waals surface area contributed by atoms with Gasteiger partial charge in [0.2, 0.25) is 0 Å². The lowest BCUT2D eigenvalue weighted by Gasteiger charge is -2.34. The maximum absolute atomic E-state index is 6.30. The molecule has 3 rings (SSSR count). The van der Waals surface area contributed by atoms with Crippen LogP contribution in [0.3, 0.4) is 0 Å². The first-order valence-corrected chi connectivity index (χ1v) is 8.07. The van der Waals surface area contributed by atoms with E-state index in [1.807, 2.05) is 29.8 Å². The first kappa shape index (κ1) is 13.7. The van der Waals surface area contributed by atoms with Crippen LogP contribution >= 0.6 is 11.3 Å². The topological polar surface area (TPSA) is 42.1 Å². The van der Waals surface area contributed by atoms with E-state index in [9.17, 15) is 0 Å². The molecule has 1 aliphatic carbocycles. The monoisotopic (exact) mass is 287 g/mol. The van der Waals surface area contributed by atoms with E-state index in [0.717, 1.165) is 6.54 Å². The van der Waals surface area contributed by atoms with E-state index in [2.05, 4.69) is 40.4 Å². The zero-order valence-corrected chi connectivity index (χ0v) is 12.6. The molecule has 0 aromatic carbocycles. The third kappa shape index (κ3) is 3.08. The van der Waals surface area contributed by atoms with Gasteiger partial charge in [-0.05, 0) is 42.8 Å². The fourth-order valence-corrected chi connectivity index (χ4v) is 3.50. The number of rotatable bonds is 6. The van der Waals surface area contributed by atoms with Crippen LogP contribution in [0.25, 0.3) is 0 Å². The molecule has 2 aromatic heterocycles. The summed E-state index contributed by atoms with van der Waals surface area (Å²) in [6, 6.07) is 9.50. The van der Waals surface area contributed by atoms with E-state index >= 15 is 0 Å². The fraction of sp³-hybridized carbons (Fsp3) is 0.438. The molecule has 4 heteroatoms. The Morgan fingerprint density at radius 1 is 1.40 bits per heavy atom. The molecule has 2 heterocycles. The highest BCUT2D eigenvalue weighted by atomic mass is 32.1. The van der Waals surface area contributed by atoms with Gasteiger partial charge >= 0.3 is 0 Å². The van der Waals surface area contributed by atoms with E-state index in [-0.39, 0.29) is 12.1 Å². The van der Waals surface area contributed by atoms with Crippen molar-refractivity contribution < 1.29 is 0 Å². The minimum atomic E-state index is 0.0970. The number of hydrogen-bond donors (Lipinski definition) is 1. The molecule has 2 aromatic rings. The van der Waals surface area contributed by atoms with Gasteiger partial charge in [0.15, 0.2) is 0 Å². The number of thiophene rings is 1. The molecule has 1 aliphatic rings. The van der Waals surface area contributed by atoms with Crippen LogP contribution in [0.2, 0.25) is 0 Å². The zero-order chi connectivity index (χ0) is 13.9. The van der Waals surface area contributed by atoms with Gasteiger partial charge in [-0.1, -0.05) is 12.1 Å². The molecular formula is C16H21N3S. The molecule has 0 aliphatic heterocycles. The zero-order valence-electron chi connectivity index (χ0n) is 11.8. The van der Waals surface area contributed by atoms with Crippen molar-refractivity contribution in [3.05, 3.63) is 52.5 Å². The molecule has 2 atom stereocenters. The van der Waals surface area contributed by atoms with Gasteiger partial charge in [-0.3, -0.25) is 9.88 Å². The van der Waals surface area contributed by atoms with Gasteiger partial charge < -0.3 is 5.73 Å². The molecule has 106 valence electrons. The summed E-state index contributed by atoms with van der Waals surface area (Å²) in [4.78, 5) is 8.24. The average molecular weight is 287 g/mol. The van der Waals surface area contributed by atoms with Crippen LogP contribution in [-0.2, 0) is 6.54 Å². The highest BCUT2D eigenvalue weighted by molar-refractivity contribution is 7.09. The lowest BCUT2D eigenvalue weighted by Crippen LogP contribution is -2.40. The van der Waals surface area contributed by atoms with Gasteiger partial charge in [-0.2, -0.15) is 0 Å². The molecule has 0 amide bonds. The smallest absolute Gasteiger partial charge is 0.0518 e. The Morgan fingerprint density at radius 2 is 2.25 bits per heavy atom. The van der Waals surface area contributed by atoms with Crippen molar-refractivity contribution in [2.45, 2.75) is 44.4 Å². The van der Waals surface area contributed by atoms with Crippen LogP contribution in [-0.4, -0.2) is 22.0 Å². The summed E-state index contributed by atoms with van der Waals surface area (Å²) in [5.41, 5.74) is 7.53. The third-order valence-corrected chi connectivity index (χ3v) is 4.68. The molecule has 3 nitrogen and oxygen atoms in total. The second-order valence-corrected chi connectivity index (χ2v) is 6.61. The van der Waals surface area contributed by atoms with Crippen molar-refractivity contribution >= 4 is 11.3 Å². The van der Waals surface area contributed by atoms with E-state index in [0.29, 0.717) is 6.04 Å². The summed E-state index contributed by atoms with van der Waals surface area (Å²) in [6.45, 7) is 3.09. The molecule has 20 heavy (non-hydrogen) atoms. The summed E-state index contributed by atoms with van der Waals surface area (Å²) >= 11 is 1.82. The Hall–Kier alpha value is -1.23. The lowest BCUT2D eigenvalue weighted by atomic mass is 10.0. The van der Waals surface area contributed by atoms with Crippen molar-refractivity contribution in [3.8, 4) is 0 Å². The SMILES string of the molecule is CC(N)C(c1cccnc1)N(Cc1cccs1)C1CC1. The number of hydrogen-bond acceptors (Lipinski definition) is 4. The summed E-state index contributed by atoms with van der Waals surface area (Å²) in [5, 5.41) is 2.14. The van der Waals surface area contributed by atoms with Crippen LogP contribution in [0.15, 0.2) is 42.0 Å². The first-order chi connectivity index (χ1) is 9.75. The molecule has 0 spiro atoms. The maximum atomic E-state index is 6.30. The summed E-state index contributed by atoms with van der Waals surface area (Å²) in [6.07, 6.45) is 6.35. The van der Waals surface area contributed by atoms with Crippen molar-refractivity contribution in [2.24, 2.45) is 5.73 Å². The van der Waals surface area contributed by atoms with Crippen LogP contribution in [0, 0.1) is 0 Å². The molecule has 1 fully saturated rings. The highest BCUT2D eigenvalue weighted by Crippen LogP contribution is 2.37. The molecule has 0 bridgehead atoms. The van der Waals surface area contributed by atoms with Crippen LogP contribution in [0.5, 0.6) is 0 Å². The summed E-state index contributed by atoms with van der Waals surface area (Å²) in [7, 11) is 0.